The number of anilines is 2. The normalized spacial score (nSPS) is 11.1. The van der Waals surface area contributed by atoms with Crippen LogP contribution in [0.25, 0.3) is 21.5 Å². The molecule has 0 fully saturated rings. The molecule has 4 aromatic carbocycles. The van der Waals surface area contributed by atoms with Crippen molar-refractivity contribution >= 4 is 32.9 Å². The van der Waals surface area contributed by atoms with Crippen LogP contribution in [0.15, 0.2) is 60.7 Å². The lowest BCUT2D eigenvalue weighted by Gasteiger charge is -2.15. The van der Waals surface area contributed by atoms with Gasteiger partial charge in [0.15, 0.2) is 0 Å². The molecular weight excluding hydrogens is 314 g/mol. The number of phenolic OH excluding ortho intramolecular Hbond substituents is 3. The predicted molar refractivity (Wildman–Crippen MR) is 101 cm³/mol. The van der Waals surface area contributed by atoms with Crippen LogP contribution in [-0.4, -0.2) is 15.3 Å². The van der Waals surface area contributed by atoms with Gasteiger partial charge >= 0.3 is 0 Å². The van der Waals surface area contributed by atoms with E-state index in [4.69, 9.17) is 0 Å². The molecule has 4 aromatic rings. The molecule has 0 unspecified atom stereocenters. The van der Waals surface area contributed by atoms with Gasteiger partial charge in [0.25, 0.3) is 0 Å². The summed E-state index contributed by atoms with van der Waals surface area (Å²) in [6, 6.07) is 18.1. The van der Waals surface area contributed by atoms with Crippen molar-refractivity contribution in [2.45, 2.75) is 6.92 Å². The van der Waals surface area contributed by atoms with Crippen LogP contribution in [0.1, 0.15) is 5.56 Å². The lowest BCUT2D eigenvalue weighted by molar-refractivity contribution is 0.463. The van der Waals surface area contributed by atoms with Crippen molar-refractivity contribution in [1.29, 1.82) is 0 Å². The summed E-state index contributed by atoms with van der Waals surface area (Å²) in [5.74, 6) is -0.106. The highest BCUT2D eigenvalue weighted by atomic mass is 16.3. The van der Waals surface area contributed by atoms with E-state index in [0.717, 1.165) is 11.3 Å². The summed E-state index contributed by atoms with van der Waals surface area (Å²) in [4.78, 5) is 0. The van der Waals surface area contributed by atoms with Crippen LogP contribution in [0.5, 0.6) is 17.2 Å². The lowest BCUT2D eigenvalue weighted by Crippen LogP contribution is -1.93. The van der Waals surface area contributed by atoms with Gasteiger partial charge in [-0.2, -0.15) is 0 Å². The highest BCUT2D eigenvalue weighted by molar-refractivity contribution is 6.16. The van der Waals surface area contributed by atoms with Gasteiger partial charge in [-0.3, -0.25) is 0 Å². The molecule has 0 spiro atoms. The third-order valence-corrected chi connectivity index (χ3v) is 4.42. The maximum Gasteiger partial charge on any atom is 0.135 e. The van der Waals surface area contributed by atoms with Gasteiger partial charge in [-0.05, 0) is 31.2 Å². The molecule has 0 saturated carbocycles. The molecule has 0 amide bonds. The third kappa shape index (κ3) is 2.39. The van der Waals surface area contributed by atoms with Crippen LogP contribution in [-0.2, 0) is 0 Å². The lowest BCUT2D eigenvalue weighted by atomic mass is 9.98. The first-order valence-electron chi connectivity index (χ1n) is 7.98. The maximum atomic E-state index is 10.8. The number of rotatable bonds is 2. The Bertz CT molecular complexity index is 1100. The molecule has 4 rings (SSSR count). The van der Waals surface area contributed by atoms with Gasteiger partial charge in [-0.15, -0.1) is 0 Å². The summed E-state index contributed by atoms with van der Waals surface area (Å²) < 4.78 is 0. The summed E-state index contributed by atoms with van der Waals surface area (Å²) in [6.45, 7) is 2.01. The molecule has 0 heterocycles. The van der Waals surface area contributed by atoms with Crippen LogP contribution in [0.4, 0.5) is 11.4 Å². The van der Waals surface area contributed by atoms with Crippen molar-refractivity contribution in [3.8, 4) is 17.2 Å². The number of benzene rings is 4. The van der Waals surface area contributed by atoms with Crippen LogP contribution in [0, 0.1) is 6.92 Å². The molecule has 25 heavy (non-hydrogen) atoms. The molecule has 0 saturated heterocycles. The van der Waals surface area contributed by atoms with E-state index in [-0.39, 0.29) is 22.6 Å². The summed E-state index contributed by atoms with van der Waals surface area (Å²) in [6.07, 6.45) is 0. The zero-order valence-corrected chi connectivity index (χ0v) is 13.6. The predicted octanol–water partition coefficient (Wildman–Crippen LogP) is 5.16. The van der Waals surface area contributed by atoms with Crippen LogP contribution in [0.3, 0.4) is 0 Å². The summed E-state index contributed by atoms with van der Waals surface area (Å²) in [7, 11) is 0. The molecule has 4 nitrogen and oxygen atoms in total. The standard InChI is InChI=1S/C21H17NO3/c1-12-6-8-13(9-7-12)22-16-10-11-17(23)19-18(16)20(24)14-4-2-3-5-15(14)21(19)25/h2-11,22-25H,1H3. The molecule has 0 aromatic heterocycles. The first-order valence-corrected chi connectivity index (χ1v) is 7.98. The largest absolute Gasteiger partial charge is 0.507 e. The Morgan fingerprint density at radius 2 is 1.28 bits per heavy atom. The van der Waals surface area contributed by atoms with E-state index in [0.29, 0.717) is 21.8 Å². The molecule has 0 aliphatic rings. The third-order valence-electron chi connectivity index (χ3n) is 4.42. The van der Waals surface area contributed by atoms with E-state index in [1.54, 1.807) is 30.3 Å². The van der Waals surface area contributed by atoms with Crippen molar-refractivity contribution in [3.05, 3.63) is 66.2 Å². The number of aryl methyl sites for hydroxylation is 1. The Kier molecular flexibility index (Phi) is 3.39. The average molecular weight is 331 g/mol. The molecule has 4 N–H and O–H groups in total. The molecular formula is C21H17NO3. The minimum Gasteiger partial charge on any atom is -0.507 e. The van der Waals surface area contributed by atoms with Crippen molar-refractivity contribution in [2.75, 3.05) is 5.32 Å². The number of aromatic hydroxyl groups is 3. The fourth-order valence-corrected chi connectivity index (χ4v) is 3.14. The van der Waals surface area contributed by atoms with Crippen molar-refractivity contribution < 1.29 is 15.3 Å². The molecule has 0 atom stereocenters. The summed E-state index contributed by atoms with van der Waals surface area (Å²) in [5.41, 5.74) is 2.60. The number of hydrogen-bond acceptors (Lipinski definition) is 4. The zero-order valence-electron chi connectivity index (χ0n) is 13.6. The van der Waals surface area contributed by atoms with E-state index in [1.807, 2.05) is 31.2 Å². The van der Waals surface area contributed by atoms with Gasteiger partial charge in [-0.25, -0.2) is 0 Å². The first kappa shape index (κ1) is 15.1. The van der Waals surface area contributed by atoms with Crippen LogP contribution < -0.4 is 5.32 Å². The van der Waals surface area contributed by atoms with E-state index in [1.165, 1.54) is 6.07 Å². The van der Waals surface area contributed by atoms with Crippen molar-refractivity contribution in [3.63, 3.8) is 0 Å². The smallest absolute Gasteiger partial charge is 0.135 e. The van der Waals surface area contributed by atoms with Gasteiger partial charge in [0.1, 0.15) is 17.2 Å². The van der Waals surface area contributed by atoms with Crippen molar-refractivity contribution in [2.24, 2.45) is 0 Å². The number of hydrogen-bond donors (Lipinski definition) is 4. The second-order valence-electron chi connectivity index (χ2n) is 6.12. The maximum absolute atomic E-state index is 10.8. The molecule has 4 heteroatoms. The van der Waals surface area contributed by atoms with Crippen LogP contribution >= 0.6 is 0 Å². The number of nitrogens with one attached hydrogen (secondary N) is 1. The number of phenols is 3. The Labute approximate surface area is 144 Å². The fourth-order valence-electron chi connectivity index (χ4n) is 3.14. The summed E-state index contributed by atoms with van der Waals surface area (Å²) >= 11 is 0. The molecule has 124 valence electrons. The number of fused-ring (bicyclic) bond motifs is 2. The Balaban J connectivity index is 2.02. The second kappa shape index (κ2) is 5.60. The highest BCUT2D eigenvalue weighted by Gasteiger charge is 2.18. The first-order chi connectivity index (χ1) is 12.1. The minimum absolute atomic E-state index is 0.0221. The monoisotopic (exact) mass is 331 g/mol. The van der Waals surface area contributed by atoms with E-state index < -0.39 is 0 Å². The molecule has 0 aliphatic carbocycles. The Morgan fingerprint density at radius 3 is 1.92 bits per heavy atom. The Morgan fingerprint density at radius 1 is 0.680 bits per heavy atom. The van der Waals surface area contributed by atoms with E-state index >= 15 is 0 Å². The Hall–Kier alpha value is -3.40. The second-order valence-corrected chi connectivity index (χ2v) is 6.12. The fraction of sp³-hybridized carbons (Fsp3) is 0.0476. The van der Waals surface area contributed by atoms with E-state index in [9.17, 15) is 15.3 Å². The van der Waals surface area contributed by atoms with Crippen molar-refractivity contribution in [1.82, 2.24) is 0 Å². The highest BCUT2D eigenvalue weighted by Crippen LogP contribution is 2.48. The molecule has 0 bridgehead atoms. The molecule has 0 aliphatic heterocycles. The van der Waals surface area contributed by atoms with Crippen LogP contribution in [0.2, 0.25) is 0 Å². The SMILES string of the molecule is Cc1ccc(Nc2ccc(O)c3c(O)c4ccccc4c(O)c23)cc1. The average Bonchev–Trinajstić information content (AvgIpc) is 2.63. The van der Waals surface area contributed by atoms with Gasteiger partial charge in [0.05, 0.1) is 16.5 Å². The summed E-state index contributed by atoms with van der Waals surface area (Å²) in [5, 5.41) is 36.6. The van der Waals surface area contributed by atoms with Gasteiger partial charge in [0, 0.05) is 16.5 Å². The molecule has 0 radical (unpaired) electrons. The quantitative estimate of drug-likeness (QED) is 0.302. The minimum atomic E-state index is -0.0805. The zero-order chi connectivity index (χ0) is 17.6. The van der Waals surface area contributed by atoms with Gasteiger partial charge in [0.2, 0.25) is 0 Å². The van der Waals surface area contributed by atoms with Gasteiger partial charge < -0.3 is 20.6 Å². The van der Waals surface area contributed by atoms with E-state index in [2.05, 4.69) is 5.32 Å². The topological polar surface area (TPSA) is 72.7 Å². The van der Waals surface area contributed by atoms with Gasteiger partial charge in [-0.1, -0.05) is 42.0 Å².